The van der Waals surface area contributed by atoms with Crippen molar-refractivity contribution in [3.8, 4) is 22.8 Å². The number of carbonyl (C=O) groups excluding carboxylic acids is 3. The molecule has 1 amide bonds. The quantitative estimate of drug-likeness (QED) is 0.140. The van der Waals surface area contributed by atoms with Crippen molar-refractivity contribution in [3.63, 3.8) is 0 Å². The van der Waals surface area contributed by atoms with Crippen LogP contribution in [0.2, 0.25) is 0 Å². The number of ketones is 1. The monoisotopic (exact) mass is 583 g/mol. The Morgan fingerprint density at radius 1 is 1.08 bits per heavy atom. The number of hydrogen-bond donors (Lipinski definition) is 1. The summed E-state index contributed by atoms with van der Waals surface area (Å²) in [6.45, 7) is 4.60. The molecule has 0 unspecified atom stereocenters. The standard InChI is InChI=1S/C25H24F3N3O6S2/c1-6-37-23(34)20-12(2)21(13(3)32)39-22(20)31-19(33)11-38-24-29-15(10-18(30-24)25(26,27)28)14-7-8-16(35-4)17(9-14)36-5/h7-10H,6,11H2,1-5H3,(H,31,33). The Morgan fingerprint density at radius 3 is 2.36 bits per heavy atom. The molecule has 0 aliphatic rings. The van der Waals surface area contributed by atoms with E-state index >= 15 is 0 Å². The zero-order chi connectivity index (χ0) is 28.9. The third-order valence-corrected chi connectivity index (χ3v) is 7.36. The molecule has 0 aliphatic carbocycles. The summed E-state index contributed by atoms with van der Waals surface area (Å²) in [5, 5.41) is 2.37. The molecule has 0 fully saturated rings. The third kappa shape index (κ3) is 7.06. The van der Waals surface area contributed by atoms with Gasteiger partial charge in [0.25, 0.3) is 0 Å². The van der Waals surface area contributed by atoms with Gasteiger partial charge in [0.05, 0.1) is 42.7 Å². The number of alkyl halides is 3. The number of thioether (sulfide) groups is 1. The van der Waals surface area contributed by atoms with Gasteiger partial charge in [-0.1, -0.05) is 11.8 Å². The second-order valence-corrected chi connectivity index (χ2v) is 9.83. The van der Waals surface area contributed by atoms with Gasteiger partial charge < -0.3 is 19.5 Å². The van der Waals surface area contributed by atoms with Gasteiger partial charge >= 0.3 is 12.1 Å². The number of hydrogen-bond acceptors (Lipinski definition) is 10. The van der Waals surface area contributed by atoms with E-state index in [0.717, 1.165) is 17.4 Å². The van der Waals surface area contributed by atoms with E-state index in [-0.39, 0.29) is 44.4 Å². The van der Waals surface area contributed by atoms with E-state index in [4.69, 9.17) is 14.2 Å². The SMILES string of the molecule is CCOC(=O)c1c(NC(=O)CSc2nc(-c3ccc(OC)c(OC)c3)cc(C(F)(F)F)n2)sc(C(C)=O)c1C. The lowest BCUT2D eigenvalue weighted by atomic mass is 10.1. The zero-order valence-electron chi connectivity index (χ0n) is 21.5. The number of carbonyl (C=O) groups is 3. The summed E-state index contributed by atoms with van der Waals surface area (Å²) in [4.78, 5) is 45.2. The fourth-order valence-electron chi connectivity index (χ4n) is 3.46. The van der Waals surface area contributed by atoms with Gasteiger partial charge in [-0.25, -0.2) is 14.8 Å². The number of esters is 1. The normalized spacial score (nSPS) is 11.2. The molecule has 1 aromatic carbocycles. The maximum atomic E-state index is 13.6. The minimum absolute atomic E-state index is 0.0363. The van der Waals surface area contributed by atoms with Gasteiger partial charge in [-0.05, 0) is 50.6 Å². The first-order chi connectivity index (χ1) is 18.4. The van der Waals surface area contributed by atoms with Crippen LogP contribution in [0.3, 0.4) is 0 Å². The summed E-state index contributed by atoms with van der Waals surface area (Å²) in [7, 11) is 2.82. The largest absolute Gasteiger partial charge is 0.493 e. The third-order valence-electron chi connectivity index (χ3n) is 5.21. The van der Waals surface area contributed by atoms with Crippen molar-refractivity contribution in [2.24, 2.45) is 0 Å². The van der Waals surface area contributed by atoms with Crippen LogP contribution < -0.4 is 14.8 Å². The van der Waals surface area contributed by atoms with Crippen LogP contribution in [-0.2, 0) is 15.7 Å². The molecular weight excluding hydrogens is 559 g/mol. The minimum atomic E-state index is -4.77. The van der Waals surface area contributed by atoms with E-state index in [1.807, 2.05) is 0 Å². The lowest BCUT2D eigenvalue weighted by Crippen LogP contribution is -2.17. The van der Waals surface area contributed by atoms with Gasteiger partial charge in [-0.15, -0.1) is 11.3 Å². The first-order valence-corrected chi connectivity index (χ1v) is 13.1. The molecule has 9 nitrogen and oxygen atoms in total. The summed E-state index contributed by atoms with van der Waals surface area (Å²) in [5.74, 6) is -1.33. The fraction of sp³-hybridized carbons (Fsp3) is 0.320. The van der Waals surface area contributed by atoms with Crippen LogP contribution >= 0.6 is 23.1 Å². The Bertz CT molecular complexity index is 1410. The number of aromatic nitrogens is 2. The molecule has 3 aromatic rings. The number of amides is 1. The van der Waals surface area contributed by atoms with Crippen LogP contribution in [0.5, 0.6) is 11.5 Å². The zero-order valence-corrected chi connectivity index (χ0v) is 23.2. The number of nitrogens with one attached hydrogen (secondary N) is 1. The molecule has 0 saturated heterocycles. The first kappa shape index (κ1) is 29.9. The van der Waals surface area contributed by atoms with Crippen LogP contribution in [0, 0.1) is 6.92 Å². The van der Waals surface area contributed by atoms with Crippen molar-refractivity contribution in [1.82, 2.24) is 9.97 Å². The molecule has 2 aromatic heterocycles. The predicted octanol–water partition coefficient (Wildman–Crippen LogP) is 5.66. The van der Waals surface area contributed by atoms with Crippen molar-refractivity contribution in [1.29, 1.82) is 0 Å². The van der Waals surface area contributed by atoms with Gasteiger partial charge in [0.2, 0.25) is 5.91 Å². The maximum absolute atomic E-state index is 13.6. The van der Waals surface area contributed by atoms with E-state index < -0.39 is 23.7 Å². The summed E-state index contributed by atoms with van der Waals surface area (Å²) >= 11 is 1.59. The van der Waals surface area contributed by atoms with E-state index in [1.165, 1.54) is 39.3 Å². The van der Waals surface area contributed by atoms with Gasteiger partial charge in [-0.2, -0.15) is 13.2 Å². The smallest absolute Gasteiger partial charge is 0.433 e. The highest BCUT2D eigenvalue weighted by molar-refractivity contribution is 7.99. The number of halogens is 3. The lowest BCUT2D eigenvalue weighted by molar-refractivity contribution is -0.141. The summed E-state index contributed by atoms with van der Waals surface area (Å²) in [5.41, 5.74) is -0.483. The molecule has 1 N–H and O–H groups in total. The van der Waals surface area contributed by atoms with Crippen molar-refractivity contribution >= 4 is 45.8 Å². The number of benzene rings is 1. The average Bonchev–Trinajstić information content (AvgIpc) is 3.22. The van der Waals surface area contributed by atoms with Crippen molar-refractivity contribution in [2.45, 2.75) is 32.1 Å². The van der Waals surface area contributed by atoms with Crippen LogP contribution in [0.4, 0.5) is 18.2 Å². The topological polar surface area (TPSA) is 117 Å². The summed E-state index contributed by atoms with van der Waals surface area (Å²) < 4.78 is 56.3. The molecule has 2 heterocycles. The van der Waals surface area contributed by atoms with Crippen molar-refractivity contribution in [2.75, 3.05) is 31.9 Å². The Hall–Kier alpha value is -3.65. The molecule has 39 heavy (non-hydrogen) atoms. The maximum Gasteiger partial charge on any atom is 0.433 e. The highest BCUT2D eigenvalue weighted by Crippen LogP contribution is 2.36. The number of thiophene rings is 1. The van der Waals surface area contributed by atoms with Crippen LogP contribution in [-0.4, -0.2) is 54.2 Å². The van der Waals surface area contributed by atoms with E-state index in [0.29, 0.717) is 34.4 Å². The molecular formula is C25H24F3N3O6S2. The molecule has 14 heteroatoms. The van der Waals surface area contributed by atoms with Crippen LogP contribution in [0.15, 0.2) is 29.4 Å². The van der Waals surface area contributed by atoms with Gasteiger partial charge in [-0.3, -0.25) is 9.59 Å². The van der Waals surface area contributed by atoms with E-state index in [1.54, 1.807) is 13.8 Å². The molecule has 3 rings (SSSR count). The average molecular weight is 584 g/mol. The second kappa shape index (κ2) is 12.5. The number of rotatable bonds is 10. The predicted molar refractivity (Wildman–Crippen MR) is 140 cm³/mol. The molecule has 0 bridgehead atoms. The highest BCUT2D eigenvalue weighted by Gasteiger charge is 2.34. The molecule has 208 valence electrons. The second-order valence-electron chi connectivity index (χ2n) is 7.86. The number of Topliss-reactive ketones (excluding diaryl/α,β-unsaturated/α-hetero) is 1. The Labute approximate surface area is 230 Å². The minimum Gasteiger partial charge on any atom is -0.493 e. The summed E-state index contributed by atoms with van der Waals surface area (Å²) in [6.07, 6.45) is -4.77. The van der Waals surface area contributed by atoms with Gasteiger partial charge in [0.1, 0.15) is 10.7 Å². The number of ether oxygens (including phenoxy) is 3. The molecule has 0 atom stereocenters. The molecule has 0 saturated carbocycles. The van der Waals surface area contributed by atoms with E-state index in [9.17, 15) is 27.6 Å². The van der Waals surface area contributed by atoms with Crippen LogP contribution in [0.1, 0.15) is 45.1 Å². The molecule has 0 spiro atoms. The van der Waals surface area contributed by atoms with Gasteiger partial charge in [0, 0.05) is 5.56 Å². The van der Waals surface area contributed by atoms with E-state index in [2.05, 4.69) is 15.3 Å². The Morgan fingerprint density at radius 2 is 1.77 bits per heavy atom. The fourth-order valence-corrected chi connectivity index (χ4v) is 5.22. The highest BCUT2D eigenvalue weighted by atomic mass is 32.2. The Kier molecular flexibility index (Phi) is 9.56. The summed E-state index contributed by atoms with van der Waals surface area (Å²) in [6, 6.07) is 5.33. The lowest BCUT2D eigenvalue weighted by Gasteiger charge is -2.12. The molecule has 0 radical (unpaired) electrons. The first-order valence-electron chi connectivity index (χ1n) is 11.3. The number of anilines is 1. The van der Waals surface area contributed by atoms with Crippen molar-refractivity contribution in [3.05, 3.63) is 46.0 Å². The molecule has 0 aliphatic heterocycles. The van der Waals surface area contributed by atoms with Crippen LogP contribution in [0.25, 0.3) is 11.3 Å². The number of nitrogens with zero attached hydrogens (tertiary/aromatic N) is 2. The van der Waals surface area contributed by atoms with Gasteiger partial charge in [0.15, 0.2) is 22.4 Å². The number of methoxy groups -OCH3 is 2. The Balaban J connectivity index is 1.88. The van der Waals surface area contributed by atoms with Crippen molar-refractivity contribution < 1.29 is 41.8 Å².